The molecule has 16 heavy (non-hydrogen) atoms. The number of pyridine rings is 1. The zero-order valence-corrected chi connectivity index (χ0v) is 11.1. The van der Waals surface area contributed by atoms with E-state index >= 15 is 0 Å². The Labute approximate surface area is 113 Å². The van der Waals surface area contributed by atoms with E-state index in [0.29, 0.717) is 17.3 Å². The van der Waals surface area contributed by atoms with Gasteiger partial charge in [-0.05, 0) is 13.0 Å². The highest BCUT2D eigenvalue weighted by atomic mass is 35.5. The van der Waals surface area contributed by atoms with Crippen LogP contribution in [0, 0.1) is 11.8 Å². The van der Waals surface area contributed by atoms with E-state index in [-0.39, 0.29) is 30.9 Å². The number of nitrogens with zero attached hydrogens (tertiary/aromatic N) is 1. The third kappa shape index (κ3) is 6.04. The summed E-state index contributed by atoms with van der Waals surface area (Å²) in [6, 6.07) is 1.78. The lowest BCUT2D eigenvalue weighted by Crippen LogP contribution is -2.12. The van der Waals surface area contributed by atoms with Gasteiger partial charge < -0.3 is 11.5 Å². The Morgan fingerprint density at radius 2 is 2.12 bits per heavy atom. The standard InChI is InChI=1S/C10H12ClN3.2ClH/c1-7(12)3-2-4-8-5-9(11)10(13)14-6-8;;/h5-7H,3,12H2,1H3,(H2,13,14);2*1H/t7-;;/m0../s1. The molecule has 0 saturated heterocycles. The summed E-state index contributed by atoms with van der Waals surface area (Å²) in [5, 5.41) is 0.428. The molecule has 0 bridgehead atoms. The third-order valence-corrected chi connectivity index (χ3v) is 1.83. The number of hydrogen-bond acceptors (Lipinski definition) is 3. The van der Waals surface area contributed by atoms with Crippen LogP contribution in [0.15, 0.2) is 12.3 Å². The summed E-state index contributed by atoms with van der Waals surface area (Å²) in [6.07, 6.45) is 2.25. The second kappa shape index (κ2) is 8.49. The topological polar surface area (TPSA) is 64.9 Å². The molecule has 0 aromatic carbocycles. The van der Waals surface area contributed by atoms with Crippen molar-refractivity contribution < 1.29 is 0 Å². The number of halogens is 3. The molecule has 3 nitrogen and oxygen atoms in total. The van der Waals surface area contributed by atoms with Crippen LogP contribution in [0.25, 0.3) is 0 Å². The van der Waals surface area contributed by atoms with Gasteiger partial charge >= 0.3 is 0 Å². The van der Waals surface area contributed by atoms with Crippen LogP contribution in [-0.4, -0.2) is 11.0 Å². The number of anilines is 1. The molecular formula is C10H14Cl3N3. The molecule has 1 rings (SSSR count). The van der Waals surface area contributed by atoms with Gasteiger partial charge in [-0.2, -0.15) is 0 Å². The summed E-state index contributed by atoms with van der Waals surface area (Å²) in [4.78, 5) is 3.89. The Morgan fingerprint density at radius 3 is 2.62 bits per heavy atom. The molecule has 0 aliphatic heterocycles. The Hall–Kier alpha value is -0.660. The number of nitrogens with two attached hydrogens (primary N) is 2. The van der Waals surface area contributed by atoms with Crippen molar-refractivity contribution >= 4 is 42.2 Å². The van der Waals surface area contributed by atoms with Gasteiger partial charge in [-0.1, -0.05) is 23.4 Å². The Morgan fingerprint density at radius 1 is 1.50 bits per heavy atom. The molecule has 90 valence electrons. The predicted octanol–water partition coefficient (Wildman–Crippen LogP) is 2.25. The molecular weight excluding hydrogens is 268 g/mol. The molecule has 1 heterocycles. The SMILES string of the molecule is C[C@H](N)CC#Cc1cnc(N)c(Cl)c1.Cl.Cl. The zero-order valence-electron chi connectivity index (χ0n) is 8.74. The first-order chi connectivity index (χ1) is 6.59. The van der Waals surface area contributed by atoms with E-state index in [1.165, 1.54) is 0 Å². The minimum absolute atomic E-state index is 0. The van der Waals surface area contributed by atoms with Gasteiger partial charge in [0.25, 0.3) is 0 Å². The first-order valence-electron chi connectivity index (χ1n) is 4.25. The minimum Gasteiger partial charge on any atom is -0.382 e. The Bertz CT molecular complexity index is 383. The minimum atomic E-state index is 0. The number of aromatic nitrogens is 1. The normalized spacial score (nSPS) is 10.2. The largest absolute Gasteiger partial charge is 0.382 e. The fraction of sp³-hybridized carbons (Fsp3) is 0.300. The van der Waals surface area contributed by atoms with Crippen molar-refractivity contribution in [2.75, 3.05) is 5.73 Å². The highest BCUT2D eigenvalue weighted by Gasteiger charge is 1.96. The molecule has 0 unspecified atom stereocenters. The summed E-state index contributed by atoms with van der Waals surface area (Å²) >= 11 is 5.78. The lowest BCUT2D eigenvalue weighted by atomic mass is 10.2. The van der Waals surface area contributed by atoms with Gasteiger partial charge in [0.05, 0.1) is 5.02 Å². The summed E-state index contributed by atoms with van der Waals surface area (Å²) in [6.45, 7) is 1.91. The lowest BCUT2D eigenvalue weighted by Gasteiger charge is -1.96. The molecule has 0 spiro atoms. The van der Waals surface area contributed by atoms with Crippen molar-refractivity contribution in [3.05, 3.63) is 22.8 Å². The van der Waals surface area contributed by atoms with Crippen molar-refractivity contribution in [2.45, 2.75) is 19.4 Å². The molecule has 0 aliphatic carbocycles. The van der Waals surface area contributed by atoms with Gasteiger partial charge in [0.2, 0.25) is 0 Å². The third-order valence-electron chi connectivity index (χ3n) is 1.53. The van der Waals surface area contributed by atoms with Crippen LogP contribution in [0.1, 0.15) is 18.9 Å². The van der Waals surface area contributed by atoms with Crippen LogP contribution in [0.5, 0.6) is 0 Å². The zero-order chi connectivity index (χ0) is 10.6. The van der Waals surface area contributed by atoms with Gasteiger partial charge in [-0.25, -0.2) is 4.98 Å². The van der Waals surface area contributed by atoms with Crippen LogP contribution in [0.2, 0.25) is 5.02 Å². The van der Waals surface area contributed by atoms with Gasteiger partial charge in [-0.3, -0.25) is 0 Å². The molecule has 0 radical (unpaired) electrons. The maximum atomic E-state index is 5.78. The highest BCUT2D eigenvalue weighted by molar-refractivity contribution is 6.32. The van der Waals surface area contributed by atoms with E-state index in [1.807, 2.05) is 6.92 Å². The summed E-state index contributed by atoms with van der Waals surface area (Å²) in [7, 11) is 0. The van der Waals surface area contributed by atoms with E-state index in [0.717, 1.165) is 5.56 Å². The fourth-order valence-electron chi connectivity index (χ4n) is 0.831. The van der Waals surface area contributed by atoms with Crippen molar-refractivity contribution in [1.82, 2.24) is 4.98 Å². The summed E-state index contributed by atoms with van der Waals surface area (Å²) < 4.78 is 0. The van der Waals surface area contributed by atoms with Crippen LogP contribution >= 0.6 is 36.4 Å². The summed E-state index contributed by atoms with van der Waals surface area (Å²) in [5.41, 5.74) is 11.8. The van der Waals surface area contributed by atoms with Gasteiger partial charge in [-0.15, -0.1) is 24.8 Å². The van der Waals surface area contributed by atoms with E-state index in [1.54, 1.807) is 12.3 Å². The van der Waals surface area contributed by atoms with Crippen molar-refractivity contribution in [1.29, 1.82) is 0 Å². The number of rotatable bonds is 1. The fourth-order valence-corrected chi connectivity index (χ4v) is 0.997. The number of hydrogen-bond donors (Lipinski definition) is 2. The molecule has 0 saturated carbocycles. The Kier molecular flexibility index (Phi) is 9.40. The van der Waals surface area contributed by atoms with E-state index in [4.69, 9.17) is 23.1 Å². The molecule has 1 aromatic heterocycles. The predicted molar refractivity (Wildman–Crippen MR) is 73.3 cm³/mol. The first-order valence-corrected chi connectivity index (χ1v) is 4.63. The Balaban J connectivity index is 0. The molecule has 0 amide bonds. The van der Waals surface area contributed by atoms with Crippen molar-refractivity contribution in [3.8, 4) is 11.8 Å². The lowest BCUT2D eigenvalue weighted by molar-refractivity contribution is 0.771. The molecule has 0 aliphatic rings. The van der Waals surface area contributed by atoms with Gasteiger partial charge in [0.15, 0.2) is 0 Å². The molecule has 6 heteroatoms. The van der Waals surface area contributed by atoms with Crippen molar-refractivity contribution in [3.63, 3.8) is 0 Å². The molecule has 0 fully saturated rings. The second-order valence-electron chi connectivity index (χ2n) is 3.07. The van der Waals surface area contributed by atoms with E-state index in [9.17, 15) is 0 Å². The van der Waals surface area contributed by atoms with Gasteiger partial charge in [0, 0.05) is 24.2 Å². The van der Waals surface area contributed by atoms with Crippen LogP contribution in [-0.2, 0) is 0 Å². The van der Waals surface area contributed by atoms with Crippen LogP contribution in [0.4, 0.5) is 5.82 Å². The average Bonchev–Trinajstić information content (AvgIpc) is 2.10. The average molecular weight is 283 g/mol. The monoisotopic (exact) mass is 281 g/mol. The molecule has 1 atom stereocenters. The second-order valence-corrected chi connectivity index (χ2v) is 3.48. The first kappa shape index (κ1) is 17.7. The summed E-state index contributed by atoms with van der Waals surface area (Å²) in [5.74, 6) is 6.17. The number of nitrogen functional groups attached to an aromatic ring is 1. The van der Waals surface area contributed by atoms with Crippen molar-refractivity contribution in [2.24, 2.45) is 5.73 Å². The van der Waals surface area contributed by atoms with Crippen LogP contribution in [0.3, 0.4) is 0 Å². The maximum absolute atomic E-state index is 5.78. The van der Waals surface area contributed by atoms with E-state index < -0.39 is 0 Å². The molecule has 1 aromatic rings. The smallest absolute Gasteiger partial charge is 0.142 e. The maximum Gasteiger partial charge on any atom is 0.142 e. The van der Waals surface area contributed by atoms with E-state index in [2.05, 4.69) is 16.8 Å². The quantitative estimate of drug-likeness (QED) is 0.777. The molecule has 4 N–H and O–H groups in total. The highest BCUT2D eigenvalue weighted by Crippen LogP contribution is 2.15. The van der Waals surface area contributed by atoms with Gasteiger partial charge in [0.1, 0.15) is 5.82 Å². The van der Waals surface area contributed by atoms with Crippen LogP contribution < -0.4 is 11.5 Å².